The Hall–Kier alpha value is -1.20. The highest BCUT2D eigenvalue weighted by Crippen LogP contribution is 2.19. The monoisotopic (exact) mass is 337 g/mol. The molecule has 1 N–H and O–H groups in total. The Bertz CT molecular complexity index is 513. The van der Waals surface area contributed by atoms with Gasteiger partial charge in [0.25, 0.3) is 0 Å². The van der Waals surface area contributed by atoms with Crippen molar-refractivity contribution in [3.05, 3.63) is 30.1 Å². The average molecular weight is 338 g/mol. The third-order valence-electron chi connectivity index (χ3n) is 4.55. The number of likely N-dealkylation sites (tertiary alicyclic amines) is 1. The molecule has 0 spiro atoms. The summed E-state index contributed by atoms with van der Waals surface area (Å²) in [5.74, 6) is 0.480. The number of rotatable bonds is 5. The van der Waals surface area contributed by atoms with Crippen molar-refractivity contribution in [2.45, 2.75) is 39.2 Å². The van der Waals surface area contributed by atoms with Gasteiger partial charge in [0.05, 0.1) is 5.69 Å². The molecule has 23 heavy (non-hydrogen) atoms. The van der Waals surface area contributed by atoms with E-state index in [9.17, 15) is 4.39 Å². The van der Waals surface area contributed by atoms with Gasteiger partial charge in [0.15, 0.2) is 5.11 Å². The number of benzene rings is 1. The minimum atomic E-state index is -0.266. The third-order valence-corrected chi connectivity index (χ3v) is 4.91. The molecule has 0 bridgehead atoms. The molecule has 1 fully saturated rings. The van der Waals surface area contributed by atoms with Gasteiger partial charge in [0.1, 0.15) is 5.82 Å². The molecule has 1 aliphatic heterocycles. The van der Waals surface area contributed by atoms with E-state index in [4.69, 9.17) is 12.2 Å². The predicted molar refractivity (Wildman–Crippen MR) is 99.3 cm³/mol. The molecule has 0 aromatic heterocycles. The van der Waals surface area contributed by atoms with Crippen LogP contribution in [0.2, 0.25) is 0 Å². The molecule has 0 unspecified atom stereocenters. The van der Waals surface area contributed by atoms with Crippen LogP contribution in [0.3, 0.4) is 0 Å². The van der Waals surface area contributed by atoms with Crippen molar-refractivity contribution >= 4 is 23.0 Å². The van der Waals surface area contributed by atoms with Crippen LogP contribution in [-0.2, 0) is 0 Å². The van der Waals surface area contributed by atoms with Gasteiger partial charge in [-0.25, -0.2) is 4.39 Å². The summed E-state index contributed by atoms with van der Waals surface area (Å²) in [5, 5.41) is 3.66. The lowest BCUT2D eigenvalue weighted by molar-refractivity contribution is 0.159. The first-order valence-electron chi connectivity index (χ1n) is 8.48. The Morgan fingerprint density at radius 3 is 2.61 bits per heavy atom. The van der Waals surface area contributed by atoms with Gasteiger partial charge in [-0.05, 0) is 63.1 Å². The third kappa shape index (κ3) is 5.43. The van der Waals surface area contributed by atoms with Gasteiger partial charge in [-0.3, -0.25) is 0 Å². The SMILES string of the molecule is CC(C)CCN(C)C1CCN(C(=S)Nc2ccccc2F)CC1. The van der Waals surface area contributed by atoms with E-state index in [0.29, 0.717) is 16.8 Å². The molecule has 0 radical (unpaired) electrons. The van der Waals surface area contributed by atoms with E-state index in [1.165, 1.54) is 12.5 Å². The van der Waals surface area contributed by atoms with Crippen LogP contribution in [0.4, 0.5) is 10.1 Å². The molecule has 3 nitrogen and oxygen atoms in total. The van der Waals surface area contributed by atoms with Gasteiger partial charge < -0.3 is 15.1 Å². The lowest BCUT2D eigenvalue weighted by atomic mass is 10.0. The molecule has 0 saturated carbocycles. The summed E-state index contributed by atoms with van der Waals surface area (Å²) in [6.45, 7) is 7.54. The summed E-state index contributed by atoms with van der Waals surface area (Å²) in [5.41, 5.74) is 0.452. The second-order valence-corrected chi connectivity index (χ2v) is 7.18. The molecular weight excluding hydrogens is 309 g/mol. The highest BCUT2D eigenvalue weighted by Gasteiger charge is 2.24. The van der Waals surface area contributed by atoms with Crippen LogP contribution in [0.25, 0.3) is 0 Å². The lowest BCUT2D eigenvalue weighted by Crippen LogP contribution is -2.47. The van der Waals surface area contributed by atoms with Crippen LogP contribution < -0.4 is 5.32 Å². The molecule has 1 heterocycles. The van der Waals surface area contributed by atoms with Crippen molar-refractivity contribution in [3.8, 4) is 0 Å². The summed E-state index contributed by atoms with van der Waals surface area (Å²) in [6.07, 6.45) is 3.45. The minimum Gasteiger partial charge on any atom is -0.349 e. The molecular formula is C18H28FN3S. The van der Waals surface area contributed by atoms with E-state index in [1.807, 2.05) is 6.07 Å². The van der Waals surface area contributed by atoms with Crippen LogP contribution >= 0.6 is 12.2 Å². The van der Waals surface area contributed by atoms with Crippen molar-refractivity contribution in [1.82, 2.24) is 9.80 Å². The number of anilines is 1. The fourth-order valence-electron chi connectivity index (χ4n) is 2.91. The zero-order chi connectivity index (χ0) is 16.8. The quantitative estimate of drug-likeness (QED) is 0.819. The van der Waals surface area contributed by atoms with Crippen LogP contribution in [0.1, 0.15) is 33.1 Å². The van der Waals surface area contributed by atoms with Gasteiger partial charge in [-0.2, -0.15) is 0 Å². The fourth-order valence-corrected chi connectivity index (χ4v) is 3.20. The molecule has 0 atom stereocenters. The van der Waals surface area contributed by atoms with E-state index >= 15 is 0 Å². The molecule has 1 aliphatic rings. The second-order valence-electron chi connectivity index (χ2n) is 6.79. The van der Waals surface area contributed by atoms with E-state index in [1.54, 1.807) is 12.1 Å². The van der Waals surface area contributed by atoms with Crippen LogP contribution in [-0.4, -0.2) is 47.6 Å². The molecule has 0 aliphatic carbocycles. The van der Waals surface area contributed by atoms with E-state index in [0.717, 1.165) is 38.4 Å². The molecule has 1 aromatic carbocycles. The second kappa shape index (κ2) is 8.60. The van der Waals surface area contributed by atoms with Crippen molar-refractivity contribution in [2.24, 2.45) is 5.92 Å². The van der Waals surface area contributed by atoms with Crippen LogP contribution in [0, 0.1) is 11.7 Å². The summed E-state index contributed by atoms with van der Waals surface area (Å²) in [7, 11) is 2.22. The topological polar surface area (TPSA) is 18.5 Å². The standard InChI is InChI=1S/C18H28FN3S/c1-14(2)8-11-21(3)15-9-12-22(13-10-15)18(23)20-17-7-5-4-6-16(17)19/h4-7,14-15H,8-13H2,1-3H3,(H,20,23). The zero-order valence-corrected chi connectivity index (χ0v) is 15.2. The molecule has 1 saturated heterocycles. The number of thiocarbonyl (C=S) groups is 1. The summed E-state index contributed by atoms with van der Waals surface area (Å²) in [6, 6.07) is 7.28. The summed E-state index contributed by atoms with van der Waals surface area (Å²) < 4.78 is 13.7. The summed E-state index contributed by atoms with van der Waals surface area (Å²) >= 11 is 5.44. The predicted octanol–water partition coefficient (Wildman–Crippen LogP) is 3.96. The van der Waals surface area contributed by atoms with Crippen molar-refractivity contribution in [1.29, 1.82) is 0 Å². The molecule has 0 amide bonds. The van der Waals surface area contributed by atoms with Crippen molar-refractivity contribution in [3.63, 3.8) is 0 Å². The Morgan fingerprint density at radius 2 is 2.00 bits per heavy atom. The molecule has 2 rings (SSSR count). The van der Waals surface area contributed by atoms with E-state index in [-0.39, 0.29) is 5.82 Å². The largest absolute Gasteiger partial charge is 0.349 e. The number of hydrogen-bond donors (Lipinski definition) is 1. The first-order valence-corrected chi connectivity index (χ1v) is 8.89. The smallest absolute Gasteiger partial charge is 0.173 e. The van der Waals surface area contributed by atoms with Gasteiger partial charge in [-0.1, -0.05) is 26.0 Å². The number of para-hydroxylation sites is 1. The van der Waals surface area contributed by atoms with Crippen molar-refractivity contribution in [2.75, 3.05) is 32.0 Å². The maximum atomic E-state index is 13.7. The normalized spacial score (nSPS) is 16.2. The number of piperidine rings is 1. The summed E-state index contributed by atoms with van der Waals surface area (Å²) in [4.78, 5) is 4.62. The van der Waals surface area contributed by atoms with Crippen LogP contribution in [0.5, 0.6) is 0 Å². The number of nitrogens with one attached hydrogen (secondary N) is 1. The molecule has 5 heteroatoms. The minimum absolute atomic E-state index is 0.266. The highest BCUT2D eigenvalue weighted by atomic mass is 32.1. The lowest BCUT2D eigenvalue weighted by Gasteiger charge is -2.38. The number of halogens is 1. The molecule has 128 valence electrons. The van der Waals surface area contributed by atoms with Crippen LogP contribution in [0.15, 0.2) is 24.3 Å². The van der Waals surface area contributed by atoms with Gasteiger partial charge >= 0.3 is 0 Å². The average Bonchev–Trinajstić information content (AvgIpc) is 2.54. The number of nitrogens with zero attached hydrogens (tertiary/aromatic N) is 2. The van der Waals surface area contributed by atoms with E-state index < -0.39 is 0 Å². The van der Waals surface area contributed by atoms with Crippen molar-refractivity contribution < 1.29 is 4.39 Å². The highest BCUT2D eigenvalue weighted by molar-refractivity contribution is 7.80. The zero-order valence-electron chi connectivity index (χ0n) is 14.4. The first kappa shape index (κ1) is 18.1. The Kier molecular flexibility index (Phi) is 6.78. The Morgan fingerprint density at radius 1 is 1.35 bits per heavy atom. The van der Waals surface area contributed by atoms with Gasteiger partial charge in [0.2, 0.25) is 0 Å². The maximum absolute atomic E-state index is 13.7. The van der Waals surface area contributed by atoms with E-state index in [2.05, 4.69) is 36.0 Å². The van der Waals surface area contributed by atoms with Gasteiger partial charge in [-0.15, -0.1) is 0 Å². The number of hydrogen-bond acceptors (Lipinski definition) is 2. The fraction of sp³-hybridized carbons (Fsp3) is 0.611. The Labute approximate surface area is 144 Å². The first-order chi connectivity index (χ1) is 11.0. The Balaban J connectivity index is 1.80. The van der Waals surface area contributed by atoms with Gasteiger partial charge in [0, 0.05) is 19.1 Å². The molecule has 1 aromatic rings. The maximum Gasteiger partial charge on any atom is 0.173 e.